The molecule has 34 heavy (non-hydrogen) atoms. The Morgan fingerprint density at radius 2 is 1.47 bits per heavy atom. The summed E-state index contributed by atoms with van der Waals surface area (Å²) in [5, 5.41) is 0. The van der Waals surface area contributed by atoms with Gasteiger partial charge in [-0.1, -0.05) is 36.4 Å². The minimum Gasteiger partial charge on any atom is -0.353 e. The van der Waals surface area contributed by atoms with Crippen LogP contribution in [0.5, 0.6) is 0 Å². The third-order valence-corrected chi connectivity index (χ3v) is 6.07. The number of anilines is 1. The van der Waals surface area contributed by atoms with E-state index in [1.165, 1.54) is 9.13 Å². The first-order valence-electron chi connectivity index (χ1n) is 11.2. The molecule has 3 aromatic heterocycles. The van der Waals surface area contributed by atoms with Crippen LogP contribution in [0.1, 0.15) is 5.56 Å². The second-order valence-corrected chi connectivity index (χ2v) is 8.17. The summed E-state index contributed by atoms with van der Waals surface area (Å²) < 4.78 is 2.62. The van der Waals surface area contributed by atoms with Crippen molar-refractivity contribution in [1.82, 2.24) is 24.0 Å². The normalized spacial score (nSPS) is 13.9. The summed E-state index contributed by atoms with van der Waals surface area (Å²) in [5.41, 5.74) is 0.308. The highest BCUT2D eigenvalue weighted by molar-refractivity contribution is 5.79. The fraction of sp³-hybridized carbons (Fsp3) is 0.240. The number of amides is 1. The Bertz CT molecular complexity index is 1420. The van der Waals surface area contributed by atoms with Gasteiger partial charge in [0.2, 0.25) is 5.91 Å². The summed E-state index contributed by atoms with van der Waals surface area (Å²) in [5.74, 6) is 0.679. The maximum atomic E-state index is 13.1. The Balaban J connectivity index is 1.40. The highest BCUT2D eigenvalue weighted by atomic mass is 16.2. The van der Waals surface area contributed by atoms with Crippen molar-refractivity contribution in [2.24, 2.45) is 0 Å². The van der Waals surface area contributed by atoms with E-state index in [9.17, 15) is 14.4 Å². The third kappa shape index (κ3) is 4.19. The van der Waals surface area contributed by atoms with Gasteiger partial charge in [0.25, 0.3) is 0 Å². The van der Waals surface area contributed by atoms with Gasteiger partial charge in [0, 0.05) is 38.6 Å². The highest BCUT2D eigenvalue weighted by Gasteiger charge is 2.24. The molecule has 0 saturated carbocycles. The van der Waals surface area contributed by atoms with E-state index < -0.39 is 11.1 Å². The van der Waals surface area contributed by atoms with E-state index in [4.69, 9.17) is 0 Å². The van der Waals surface area contributed by atoms with Crippen LogP contribution >= 0.6 is 0 Å². The Labute approximate surface area is 195 Å². The van der Waals surface area contributed by atoms with Gasteiger partial charge in [-0.2, -0.15) is 0 Å². The van der Waals surface area contributed by atoms with Crippen LogP contribution in [0.15, 0.2) is 82.6 Å². The van der Waals surface area contributed by atoms with E-state index in [0.29, 0.717) is 37.3 Å². The van der Waals surface area contributed by atoms with Crippen molar-refractivity contribution in [2.75, 3.05) is 31.1 Å². The van der Waals surface area contributed by atoms with Crippen LogP contribution in [-0.4, -0.2) is 56.1 Å². The van der Waals surface area contributed by atoms with Gasteiger partial charge in [0.1, 0.15) is 12.4 Å². The molecule has 1 amide bonds. The van der Waals surface area contributed by atoms with Crippen LogP contribution in [0.2, 0.25) is 0 Å². The number of hydrogen-bond donors (Lipinski definition) is 0. The number of carbonyl (C=O) groups is 1. The van der Waals surface area contributed by atoms with Gasteiger partial charge >= 0.3 is 11.1 Å². The van der Waals surface area contributed by atoms with E-state index in [1.807, 2.05) is 48.5 Å². The Kier molecular flexibility index (Phi) is 5.90. The maximum absolute atomic E-state index is 13.1. The van der Waals surface area contributed by atoms with E-state index in [-0.39, 0.29) is 19.0 Å². The summed E-state index contributed by atoms with van der Waals surface area (Å²) >= 11 is 0. The zero-order valence-corrected chi connectivity index (χ0v) is 18.6. The van der Waals surface area contributed by atoms with E-state index in [2.05, 4.69) is 14.9 Å². The number of fused-ring (bicyclic) bond motifs is 1. The minimum atomic E-state index is -0.725. The number of piperazine rings is 1. The molecule has 4 heterocycles. The smallest absolute Gasteiger partial charge is 0.318 e. The lowest BCUT2D eigenvalue weighted by Crippen LogP contribution is -2.51. The van der Waals surface area contributed by atoms with Gasteiger partial charge in [-0.25, -0.2) is 9.97 Å². The lowest BCUT2D eigenvalue weighted by molar-refractivity contribution is -0.132. The Morgan fingerprint density at radius 3 is 2.21 bits per heavy atom. The molecule has 1 aliphatic rings. The fourth-order valence-corrected chi connectivity index (χ4v) is 4.27. The van der Waals surface area contributed by atoms with Crippen LogP contribution < -0.4 is 16.0 Å². The van der Waals surface area contributed by atoms with Crippen LogP contribution in [0.25, 0.3) is 11.2 Å². The molecule has 0 radical (unpaired) electrons. The number of nitrogens with zero attached hydrogens (tertiary/aromatic N) is 6. The lowest BCUT2D eigenvalue weighted by atomic mass is 10.2. The van der Waals surface area contributed by atoms with Crippen LogP contribution in [-0.2, 0) is 17.9 Å². The van der Waals surface area contributed by atoms with Gasteiger partial charge in [-0.05, 0) is 29.8 Å². The summed E-state index contributed by atoms with van der Waals surface area (Å²) in [6.45, 7) is 2.37. The molecule has 0 aliphatic carbocycles. The molecule has 1 aliphatic heterocycles. The molecule has 9 nitrogen and oxygen atoms in total. The number of pyridine rings is 2. The predicted octanol–water partition coefficient (Wildman–Crippen LogP) is 1.35. The highest BCUT2D eigenvalue weighted by Crippen LogP contribution is 2.14. The topological polar surface area (TPSA) is 93.3 Å². The first-order chi connectivity index (χ1) is 16.6. The third-order valence-electron chi connectivity index (χ3n) is 6.07. The maximum Gasteiger partial charge on any atom is 0.318 e. The number of aromatic nitrogens is 4. The molecular weight excluding hydrogens is 432 g/mol. The molecule has 9 heteroatoms. The van der Waals surface area contributed by atoms with Crippen molar-refractivity contribution in [1.29, 1.82) is 0 Å². The van der Waals surface area contributed by atoms with Gasteiger partial charge in [0.05, 0.1) is 12.1 Å². The minimum absolute atomic E-state index is 0.201. The molecule has 0 spiro atoms. The van der Waals surface area contributed by atoms with Gasteiger partial charge in [0.15, 0.2) is 5.65 Å². The lowest BCUT2D eigenvalue weighted by Gasteiger charge is -2.35. The largest absolute Gasteiger partial charge is 0.353 e. The van der Waals surface area contributed by atoms with Gasteiger partial charge in [-0.15, -0.1) is 0 Å². The second kappa shape index (κ2) is 9.30. The van der Waals surface area contributed by atoms with E-state index in [0.717, 1.165) is 11.4 Å². The van der Waals surface area contributed by atoms with Crippen LogP contribution in [0, 0.1) is 0 Å². The molecule has 172 valence electrons. The van der Waals surface area contributed by atoms with Crippen molar-refractivity contribution in [3.63, 3.8) is 0 Å². The molecule has 1 aromatic carbocycles. The first-order valence-corrected chi connectivity index (χ1v) is 11.2. The van der Waals surface area contributed by atoms with Crippen molar-refractivity contribution in [3.05, 3.63) is 99.3 Å². The zero-order chi connectivity index (χ0) is 23.5. The van der Waals surface area contributed by atoms with Crippen LogP contribution in [0.3, 0.4) is 0 Å². The standard InChI is InChI=1S/C25H24N6O3/c32-22(29-15-13-28(14-16-29)21-10-4-5-11-26-21)18-30-20-9-6-12-27-23(20)31(25(34)24(30)33)17-19-7-2-1-3-8-19/h1-12H,13-18H2. The van der Waals surface area contributed by atoms with E-state index >= 15 is 0 Å². The monoisotopic (exact) mass is 456 g/mol. The van der Waals surface area contributed by atoms with Crippen molar-refractivity contribution >= 4 is 22.9 Å². The van der Waals surface area contributed by atoms with Crippen molar-refractivity contribution in [3.8, 4) is 0 Å². The quantitative estimate of drug-likeness (QED) is 0.421. The molecule has 1 fully saturated rings. The number of rotatable bonds is 5. The average Bonchev–Trinajstić information content (AvgIpc) is 2.90. The molecule has 0 N–H and O–H groups in total. The molecule has 0 unspecified atom stereocenters. The van der Waals surface area contributed by atoms with Gasteiger partial charge < -0.3 is 9.80 Å². The molecule has 0 atom stereocenters. The number of hydrogen-bond acceptors (Lipinski definition) is 6. The number of carbonyl (C=O) groups excluding carboxylic acids is 1. The first kappa shape index (κ1) is 21.6. The SMILES string of the molecule is O=C(Cn1c(=O)c(=O)n(Cc2ccccc2)c2ncccc21)N1CCN(c2ccccn2)CC1. The zero-order valence-electron chi connectivity index (χ0n) is 18.6. The molecule has 1 saturated heterocycles. The summed E-state index contributed by atoms with van der Waals surface area (Å²) in [7, 11) is 0. The van der Waals surface area contributed by atoms with Gasteiger partial charge in [-0.3, -0.25) is 23.5 Å². The second-order valence-electron chi connectivity index (χ2n) is 8.17. The Hall–Kier alpha value is -4.27. The summed E-state index contributed by atoms with van der Waals surface area (Å²) in [6, 6.07) is 18.6. The molecule has 5 rings (SSSR count). The summed E-state index contributed by atoms with van der Waals surface area (Å²) in [6.07, 6.45) is 3.33. The predicted molar refractivity (Wildman–Crippen MR) is 129 cm³/mol. The van der Waals surface area contributed by atoms with Crippen molar-refractivity contribution < 1.29 is 4.79 Å². The fourth-order valence-electron chi connectivity index (χ4n) is 4.27. The average molecular weight is 457 g/mol. The van der Waals surface area contributed by atoms with Crippen molar-refractivity contribution in [2.45, 2.75) is 13.1 Å². The summed E-state index contributed by atoms with van der Waals surface area (Å²) in [4.78, 5) is 51.8. The van der Waals surface area contributed by atoms with Crippen LogP contribution in [0.4, 0.5) is 5.82 Å². The molecular formula is C25H24N6O3. The molecule has 4 aromatic rings. The molecule has 0 bridgehead atoms. The Morgan fingerprint density at radius 1 is 0.765 bits per heavy atom. The van der Waals surface area contributed by atoms with E-state index in [1.54, 1.807) is 29.4 Å². The number of benzene rings is 1.